The zero-order valence-electron chi connectivity index (χ0n) is 10.8. The molecule has 2 atom stereocenters. The standard InChI is InChI=1S/C13H14BrN3O3/c1-16-11-7(14)3-2-4-8(11)17(13(16)20)9-5-6-10(18)15-12(9)19/h2-4,9,13,20H,5-6H2,1H3,(H,15,18,19). The number of para-hydroxylation sites is 1. The number of nitrogens with zero attached hydrogens (tertiary/aromatic N) is 2. The van der Waals surface area contributed by atoms with Crippen LogP contribution in [-0.2, 0) is 9.59 Å². The van der Waals surface area contributed by atoms with E-state index >= 15 is 0 Å². The van der Waals surface area contributed by atoms with Gasteiger partial charge in [0.05, 0.1) is 11.4 Å². The van der Waals surface area contributed by atoms with Gasteiger partial charge < -0.3 is 14.9 Å². The van der Waals surface area contributed by atoms with Crippen LogP contribution >= 0.6 is 15.9 Å². The third kappa shape index (κ3) is 1.89. The minimum Gasteiger partial charge on any atom is -0.356 e. The van der Waals surface area contributed by atoms with Gasteiger partial charge in [0.1, 0.15) is 6.04 Å². The van der Waals surface area contributed by atoms with E-state index in [1.807, 2.05) is 18.2 Å². The number of carbonyl (C=O) groups excluding carboxylic acids is 2. The van der Waals surface area contributed by atoms with Crippen LogP contribution in [0, 0.1) is 0 Å². The van der Waals surface area contributed by atoms with Crippen molar-refractivity contribution < 1.29 is 14.7 Å². The smallest absolute Gasteiger partial charge is 0.249 e. The quantitative estimate of drug-likeness (QED) is 0.740. The maximum absolute atomic E-state index is 12.0. The second-order valence-electron chi connectivity index (χ2n) is 4.94. The number of aliphatic hydroxyl groups is 1. The summed E-state index contributed by atoms with van der Waals surface area (Å²) in [6.45, 7) is 0. The van der Waals surface area contributed by atoms with Gasteiger partial charge in [-0.3, -0.25) is 14.9 Å². The Morgan fingerprint density at radius 3 is 2.85 bits per heavy atom. The van der Waals surface area contributed by atoms with Crippen LogP contribution in [0.25, 0.3) is 0 Å². The highest BCUT2D eigenvalue weighted by molar-refractivity contribution is 9.10. The van der Waals surface area contributed by atoms with Crippen LogP contribution in [0.3, 0.4) is 0 Å². The number of nitrogens with one attached hydrogen (secondary N) is 1. The van der Waals surface area contributed by atoms with E-state index in [1.165, 1.54) is 0 Å². The minimum atomic E-state index is -0.923. The molecule has 2 unspecified atom stereocenters. The summed E-state index contributed by atoms with van der Waals surface area (Å²) < 4.78 is 0.853. The van der Waals surface area contributed by atoms with Gasteiger partial charge in [0.25, 0.3) is 0 Å². The number of carbonyl (C=O) groups is 2. The highest BCUT2D eigenvalue weighted by Crippen LogP contribution is 2.44. The molecule has 106 valence electrons. The largest absolute Gasteiger partial charge is 0.356 e. The molecule has 1 aromatic carbocycles. The summed E-state index contributed by atoms with van der Waals surface area (Å²) in [5.74, 6) is -0.621. The minimum absolute atomic E-state index is 0.261. The van der Waals surface area contributed by atoms with E-state index in [0.717, 1.165) is 15.8 Å². The molecule has 1 saturated heterocycles. The molecule has 3 rings (SSSR count). The molecule has 2 heterocycles. The molecule has 6 nitrogen and oxygen atoms in total. The number of benzene rings is 1. The predicted octanol–water partition coefficient (Wildman–Crippen LogP) is 0.786. The molecule has 0 aromatic heterocycles. The van der Waals surface area contributed by atoms with Gasteiger partial charge in [-0.1, -0.05) is 6.07 Å². The zero-order valence-corrected chi connectivity index (χ0v) is 12.4. The average molecular weight is 340 g/mol. The summed E-state index contributed by atoms with van der Waals surface area (Å²) in [5, 5.41) is 12.7. The number of piperidine rings is 1. The van der Waals surface area contributed by atoms with Crippen LogP contribution in [0.2, 0.25) is 0 Å². The van der Waals surface area contributed by atoms with Crippen molar-refractivity contribution >= 4 is 39.1 Å². The summed E-state index contributed by atoms with van der Waals surface area (Å²) in [4.78, 5) is 26.6. The van der Waals surface area contributed by atoms with Gasteiger partial charge in [0.2, 0.25) is 18.2 Å². The lowest BCUT2D eigenvalue weighted by molar-refractivity contribution is -0.134. The van der Waals surface area contributed by atoms with Gasteiger partial charge >= 0.3 is 0 Å². The van der Waals surface area contributed by atoms with Gasteiger partial charge in [0, 0.05) is 17.9 Å². The van der Waals surface area contributed by atoms with E-state index in [4.69, 9.17) is 0 Å². The topological polar surface area (TPSA) is 72.9 Å². The normalized spacial score (nSPS) is 25.8. The number of halogens is 1. The van der Waals surface area contributed by atoms with E-state index in [9.17, 15) is 14.7 Å². The van der Waals surface area contributed by atoms with E-state index in [-0.39, 0.29) is 18.2 Å². The fourth-order valence-electron chi connectivity index (χ4n) is 2.76. The fourth-order valence-corrected chi connectivity index (χ4v) is 3.40. The van der Waals surface area contributed by atoms with Crippen molar-refractivity contribution in [3.8, 4) is 0 Å². The molecule has 0 aliphatic carbocycles. The first-order chi connectivity index (χ1) is 9.50. The number of fused-ring (bicyclic) bond motifs is 1. The zero-order chi connectivity index (χ0) is 14.4. The molecule has 20 heavy (non-hydrogen) atoms. The first-order valence-electron chi connectivity index (χ1n) is 6.32. The van der Waals surface area contributed by atoms with Crippen LogP contribution < -0.4 is 15.1 Å². The van der Waals surface area contributed by atoms with Crippen molar-refractivity contribution in [2.24, 2.45) is 0 Å². The number of amides is 2. The molecule has 2 aliphatic heterocycles. The number of hydrogen-bond donors (Lipinski definition) is 2. The van der Waals surface area contributed by atoms with Crippen LogP contribution in [-0.4, -0.2) is 36.4 Å². The van der Waals surface area contributed by atoms with Crippen molar-refractivity contribution in [3.05, 3.63) is 22.7 Å². The summed E-state index contributed by atoms with van der Waals surface area (Å²) in [5.41, 5.74) is 1.62. The first kappa shape index (κ1) is 13.4. The maximum Gasteiger partial charge on any atom is 0.249 e. The molecule has 2 N–H and O–H groups in total. The summed E-state index contributed by atoms with van der Waals surface area (Å²) in [6, 6.07) is 5.06. The Morgan fingerprint density at radius 2 is 2.15 bits per heavy atom. The van der Waals surface area contributed by atoms with E-state index < -0.39 is 12.4 Å². The predicted molar refractivity (Wildman–Crippen MR) is 77.2 cm³/mol. The summed E-state index contributed by atoms with van der Waals surface area (Å²) in [6.07, 6.45) is -0.235. The fraction of sp³-hybridized carbons (Fsp3) is 0.385. The lowest BCUT2D eigenvalue weighted by atomic mass is 10.0. The van der Waals surface area contributed by atoms with Gasteiger partial charge in [-0.25, -0.2) is 0 Å². The molecule has 7 heteroatoms. The molecule has 0 bridgehead atoms. The second-order valence-corrected chi connectivity index (χ2v) is 5.79. The summed E-state index contributed by atoms with van der Waals surface area (Å²) in [7, 11) is 1.76. The Kier molecular flexibility index (Phi) is 3.18. The Morgan fingerprint density at radius 1 is 1.40 bits per heavy atom. The number of aliphatic hydroxyl groups excluding tert-OH is 1. The maximum atomic E-state index is 12.0. The van der Waals surface area contributed by atoms with Crippen LogP contribution in [0.4, 0.5) is 11.4 Å². The molecule has 0 spiro atoms. The first-order valence-corrected chi connectivity index (χ1v) is 7.11. The Hall–Kier alpha value is -1.60. The molecule has 2 amide bonds. The molecule has 1 aromatic rings. The number of rotatable bonds is 1. The number of imide groups is 1. The Bertz CT molecular complexity index is 592. The Balaban J connectivity index is 2.01. The van der Waals surface area contributed by atoms with Crippen molar-refractivity contribution in [1.82, 2.24) is 5.32 Å². The molecule has 2 aliphatic rings. The lowest BCUT2D eigenvalue weighted by Gasteiger charge is -2.34. The van der Waals surface area contributed by atoms with Gasteiger partial charge in [-0.05, 0) is 34.5 Å². The second kappa shape index (κ2) is 4.75. The lowest BCUT2D eigenvalue weighted by Crippen LogP contribution is -2.56. The molecule has 0 saturated carbocycles. The van der Waals surface area contributed by atoms with Crippen LogP contribution in [0.1, 0.15) is 12.8 Å². The third-order valence-electron chi connectivity index (χ3n) is 3.74. The molecule has 1 fully saturated rings. The van der Waals surface area contributed by atoms with Crippen LogP contribution in [0.15, 0.2) is 22.7 Å². The molecular formula is C13H14BrN3O3. The van der Waals surface area contributed by atoms with Crippen molar-refractivity contribution in [2.75, 3.05) is 16.8 Å². The summed E-state index contributed by atoms with van der Waals surface area (Å²) >= 11 is 3.46. The van der Waals surface area contributed by atoms with Crippen molar-refractivity contribution in [2.45, 2.75) is 25.2 Å². The van der Waals surface area contributed by atoms with Gasteiger partial charge in [0.15, 0.2) is 0 Å². The Labute approximate surface area is 124 Å². The van der Waals surface area contributed by atoms with Gasteiger partial charge in [-0.15, -0.1) is 0 Å². The molecular weight excluding hydrogens is 326 g/mol. The molecule has 0 radical (unpaired) electrons. The average Bonchev–Trinajstić information content (AvgIpc) is 2.64. The van der Waals surface area contributed by atoms with Crippen molar-refractivity contribution in [1.29, 1.82) is 0 Å². The van der Waals surface area contributed by atoms with Crippen LogP contribution in [0.5, 0.6) is 0 Å². The highest BCUT2D eigenvalue weighted by Gasteiger charge is 2.42. The third-order valence-corrected chi connectivity index (χ3v) is 4.38. The van der Waals surface area contributed by atoms with Crippen molar-refractivity contribution in [3.63, 3.8) is 0 Å². The van der Waals surface area contributed by atoms with E-state index in [2.05, 4.69) is 21.2 Å². The van der Waals surface area contributed by atoms with Gasteiger partial charge in [-0.2, -0.15) is 0 Å². The SMILES string of the molecule is CN1c2c(Br)cccc2N(C2CCC(=O)NC2=O)C1O. The number of anilines is 2. The number of hydrogen-bond acceptors (Lipinski definition) is 5. The highest BCUT2D eigenvalue weighted by atomic mass is 79.9. The monoisotopic (exact) mass is 339 g/mol. The van der Waals surface area contributed by atoms with E-state index in [1.54, 1.807) is 16.8 Å². The van der Waals surface area contributed by atoms with E-state index in [0.29, 0.717) is 6.42 Å².